The van der Waals surface area contributed by atoms with Gasteiger partial charge in [-0.15, -0.1) is 0 Å². The minimum absolute atomic E-state index is 0.106. The van der Waals surface area contributed by atoms with Crippen LogP contribution in [0.2, 0.25) is 0 Å². The van der Waals surface area contributed by atoms with Gasteiger partial charge in [-0.25, -0.2) is 0 Å². The van der Waals surface area contributed by atoms with Gasteiger partial charge in [0.15, 0.2) is 0 Å². The van der Waals surface area contributed by atoms with Crippen LogP contribution in [0.3, 0.4) is 0 Å². The topological polar surface area (TPSA) is 69.6 Å². The predicted octanol–water partition coefficient (Wildman–Crippen LogP) is 2.03. The normalized spacial score (nSPS) is 13.5. The zero-order valence-electron chi connectivity index (χ0n) is 11.2. The molecule has 4 nitrogen and oxygen atoms in total. The van der Waals surface area contributed by atoms with Crippen LogP contribution in [0, 0.1) is 0 Å². The van der Waals surface area contributed by atoms with Gasteiger partial charge < -0.3 is 15.5 Å². The Kier molecular flexibility index (Phi) is 4.05. The molecule has 0 spiro atoms. The van der Waals surface area contributed by atoms with Gasteiger partial charge in [0.05, 0.1) is 12.1 Å². The lowest BCUT2D eigenvalue weighted by Crippen LogP contribution is -2.46. The minimum atomic E-state index is -0.851. The summed E-state index contributed by atoms with van der Waals surface area (Å²) < 4.78 is 0. The number of nitrogens with one attached hydrogen (secondary N) is 1. The van der Waals surface area contributed by atoms with E-state index in [9.17, 15) is 15.0 Å². The molecule has 3 N–H and O–H groups in total. The maximum absolute atomic E-state index is 12.2. The third-order valence-electron chi connectivity index (χ3n) is 3.25. The highest BCUT2D eigenvalue weighted by atomic mass is 16.3. The quantitative estimate of drug-likeness (QED) is 0.797. The number of rotatable bonds is 4. The first-order chi connectivity index (χ1) is 9.55. The van der Waals surface area contributed by atoms with Crippen molar-refractivity contribution >= 4 is 5.91 Å². The molecule has 104 valence electrons. The maximum Gasteiger partial charge on any atom is 0.252 e. The van der Waals surface area contributed by atoms with Crippen LogP contribution < -0.4 is 5.32 Å². The first-order valence-corrected chi connectivity index (χ1v) is 6.33. The van der Waals surface area contributed by atoms with E-state index in [-0.39, 0.29) is 18.3 Å². The molecule has 1 unspecified atom stereocenters. The van der Waals surface area contributed by atoms with Gasteiger partial charge >= 0.3 is 0 Å². The van der Waals surface area contributed by atoms with E-state index >= 15 is 0 Å². The summed E-state index contributed by atoms with van der Waals surface area (Å²) >= 11 is 0. The fraction of sp³-hybridized carbons (Fsp3) is 0.188. The van der Waals surface area contributed by atoms with Gasteiger partial charge in [-0.1, -0.05) is 30.3 Å². The molecular formula is C16H17NO3. The highest BCUT2D eigenvalue weighted by Crippen LogP contribution is 2.21. The van der Waals surface area contributed by atoms with Crippen molar-refractivity contribution in [3.8, 4) is 5.75 Å². The van der Waals surface area contributed by atoms with Gasteiger partial charge in [0.2, 0.25) is 0 Å². The van der Waals surface area contributed by atoms with Crippen LogP contribution in [-0.2, 0) is 5.54 Å². The summed E-state index contributed by atoms with van der Waals surface area (Å²) in [4.78, 5) is 12.2. The molecule has 2 rings (SSSR count). The van der Waals surface area contributed by atoms with Crippen molar-refractivity contribution in [1.82, 2.24) is 5.32 Å². The molecule has 2 aromatic rings. The predicted molar refractivity (Wildman–Crippen MR) is 76.5 cm³/mol. The summed E-state index contributed by atoms with van der Waals surface area (Å²) in [5.74, 6) is -0.195. The minimum Gasteiger partial charge on any atom is -0.508 e. The Hall–Kier alpha value is -2.33. The molecular weight excluding hydrogens is 254 g/mol. The number of aliphatic hydroxyl groups excluding tert-OH is 1. The average Bonchev–Trinajstić information content (AvgIpc) is 2.48. The summed E-state index contributed by atoms with van der Waals surface area (Å²) in [5, 5.41) is 21.7. The molecule has 0 saturated carbocycles. The second-order valence-electron chi connectivity index (χ2n) is 4.86. The van der Waals surface area contributed by atoms with Gasteiger partial charge in [-0.3, -0.25) is 4.79 Å². The summed E-state index contributed by atoms with van der Waals surface area (Å²) in [7, 11) is 0. The highest BCUT2D eigenvalue weighted by Gasteiger charge is 2.28. The summed E-state index contributed by atoms with van der Waals surface area (Å²) in [5.41, 5.74) is 0.406. The van der Waals surface area contributed by atoms with Crippen LogP contribution in [0.25, 0.3) is 0 Å². The van der Waals surface area contributed by atoms with Crippen molar-refractivity contribution < 1.29 is 15.0 Å². The monoisotopic (exact) mass is 271 g/mol. The van der Waals surface area contributed by atoms with Crippen molar-refractivity contribution in [2.75, 3.05) is 6.61 Å². The lowest BCUT2D eigenvalue weighted by atomic mass is 9.92. The molecule has 0 aliphatic heterocycles. The number of carbonyl (C=O) groups excluding carboxylic acids is 1. The molecule has 0 fully saturated rings. The smallest absolute Gasteiger partial charge is 0.252 e. The number of phenols is 1. The van der Waals surface area contributed by atoms with Crippen LogP contribution in [0.4, 0.5) is 0 Å². The summed E-state index contributed by atoms with van der Waals surface area (Å²) in [6.07, 6.45) is 0. The van der Waals surface area contributed by atoms with Gasteiger partial charge in [-0.05, 0) is 36.8 Å². The first-order valence-electron chi connectivity index (χ1n) is 6.33. The van der Waals surface area contributed by atoms with Crippen LogP contribution in [-0.4, -0.2) is 22.7 Å². The fourth-order valence-corrected chi connectivity index (χ4v) is 1.94. The molecule has 0 aromatic heterocycles. The number of benzene rings is 2. The van der Waals surface area contributed by atoms with Crippen molar-refractivity contribution in [3.63, 3.8) is 0 Å². The number of hydrogen-bond acceptors (Lipinski definition) is 3. The van der Waals surface area contributed by atoms with Crippen molar-refractivity contribution in [2.45, 2.75) is 12.5 Å². The Balaban J connectivity index is 2.22. The van der Waals surface area contributed by atoms with Crippen molar-refractivity contribution in [1.29, 1.82) is 0 Å². The molecule has 0 radical (unpaired) electrons. The standard InChI is InChI=1S/C16H17NO3/c1-16(11-18,13-5-3-2-4-6-13)17-15(20)12-7-9-14(19)10-8-12/h2-10,18-19H,11H2,1H3,(H,17,20). The Morgan fingerprint density at radius 3 is 2.25 bits per heavy atom. The molecule has 1 amide bonds. The number of carbonyl (C=O) groups is 1. The molecule has 4 heteroatoms. The molecule has 0 bridgehead atoms. The fourth-order valence-electron chi connectivity index (χ4n) is 1.94. The molecule has 1 atom stereocenters. The van der Waals surface area contributed by atoms with Gasteiger partial charge in [0.25, 0.3) is 5.91 Å². The Morgan fingerprint density at radius 2 is 1.70 bits per heavy atom. The van der Waals surface area contributed by atoms with E-state index in [0.29, 0.717) is 5.56 Å². The highest BCUT2D eigenvalue weighted by molar-refractivity contribution is 5.94. The molecule has 2 aromatic carbocycles. The largest absolute Gasteiger partial charge is 0.508 e. The van der Waals surface area contributed by atoms with Gasteiger partial charge in [0.1, 0.15) is 5.75 Å². The molecule has 20 heavy (non-hydrogen) atoms. The molecule has 0 aliphatic rings. The number of phenolic OH excluding ortho intramolecular Hbond substituents is 1. The average molecular weight is 271 g/mol. The van der Waals surface area contributed by atoms with E-state index in [1.165, 1.54) is 24.3 Å². The number of hydrogen-bond donors (Lipinski definition) is 3. The maximum atomic E-state index is 12.2. The first kappa shape index (κ1) is 14.1. The second kappa shape index (κ2) is 5.75. The molecule has 0 saturated heterocycles. The van der Waals surface area contributed by atoms with E-state index in [4.69, 9.17) is 0 Å². The third kappa shape index (κ3) is 2.97. The van der Waals surface area contributed by atoms with Crippen LogP contribution in [0.1, 0.15) is 22.8 Å². The number of amides is 1. The number of aromatic hydroxyl groups is 1. The van der Waals surface area contributed by atoms with Crippen LogP contribution in [0.15, 0.2) is 54.6 Å². The third-order valence-corrected chi connectivity index (χ3v) is 3.25. The summed E-state index contributed by atoms with van der Waals surface area (Å²) in [6, 6.07) is 15.3. The zero-order chi connectivity index (χ0) is 14.6. The lowest BCUT2D eigenvalue weighted by molar-refractivity contribution is 0.0849. The van der Waals surface area contributed by atoms with Gasteiger partial charge in [-0.2, -0.15) is 0 Å². The Labute approximate surface area is 117 Å². The molecule has 0 heterocycles. The Morgan fingerprint density at radius 1 is 1.10 bits per heavy atom. The second-order valence-corrected chi connectivity index (χ2v) is 4.86. The van der Waals surface area contributed by atoms with E-state index in [1.54, 1.807) is 6.92 Å². The number of aliphatic hydroxyl groups is 1. The SMILES string of the molecule is CC(CO)(NC(=O)c1ccc(O)cc1)c1ccccc1. The van der Waals surface area contributed by atoms with E-state index < -0.39 is 5.54 Å². The van der Waals surface area contributed by atoms with Crippen LogP contribution in [0.5, 0.6) is 5.75 Å². The lowest BCUT2D eigenvalue weighted by Gasteiger charge is -2.29. The molecule has 0 aliphatic carbocycles. The van der Waals surface area contributed by atoms with Gasteiger partial charge in [0, 0.05) is 5.56 Å². The van der Waals surface area contributed by atoms with E-state index in [0.717, 1.165) is 5.56 Å². The Bertz CT molecular complexity index is 580. The van der Waals surface area contributed by atoms with Crippen LogP contribution >= 0.6 is 0 Å². The van der Waals surface area contributed by atoms with E-state index in [2.05, 4.69) is 5.32 Å². The van der Waals surface area contributed by atoms with Crippen molar-refractivity contribution in [2.24, 2.45) is 0 Å². The van der Waals surface area contributed by atoms with E-state index in [1.807, 2.05) is 30.3 Å². The summed E-state index contributed by atoms with van der Waals surface area (Å²) in [6.45, 7) is 1.56. The zero-order valence-corrected chi connectivity index (χ0v) is 11.2. The van der Waals surface area contributed by atoms with Crippen molar-refractivity contribution in [3.05, 3.63) is 65.7 Å².